The Kier molecular flexibility index (Phi) is 5.68. The van der Waals surface area contributed by atoms with Crippen LogP contribution in [0.2, 0.25) is 0 Å². The highest BCUT2D eigenvalue weighted by molar-refractivity contribution is 5.72. The second-order valence-corrected chi connectivity index (χ2v) is 5.57. The predicted octanol–water partition coefficient (Wildman–Crippen LogP) is 4.86. The molecule has 0 bridgehead atoms. The lowest BCUT2D eigenvalue weighted by Crippen LogP contribution is -1.99. The molecule has 2 aromatic carbocycles. The zero-order valence-electron chi connectivity index (χ0n) is 14.3. The van der Waals surface area contributed by atoms with E-state index in [0.717, 1.165) is 28.8 Å². The summed E-state index contributed by atoms with van der Waals surface area (Å²) in [5, 5.41) is 4.74. The summed E-state index contributed by atoms with van der Waals surface area (Å²) in [6.45, 7) is 3.67. The summed E-state index contributed by atoms with van der Waals surface area (Å²) in [6.07, 6.45) is 6.56. The number of carbonyl (C=O) groups is 1. The normalized spacial score (nSPS) is 11.6. The molecule has 4 heteroatoms. The van der Waals surface area contributed by atoms with Crippen molar-refractivity contribution in [3.05, 3.63) is 85.0 Å². The molecule has 0 unspecified atom stereocenters. The average molecular weight is 341 g/mol. The van der Waals surface area contributed by atoms with Crippen LogP contribution in [-0.2, 0) is 4.79 Å². The lowest BCUT2D eigenvalue weighted by molar-refractivity contribution is -0.107. The number of rotatable bonds is 7. The first kappa shape index (κ1) is 17.3. The molecule has 128 valence electrons. The van der Waals surface area contributed by atoms with E-state index >= 15 is 0 Å². The fraction of sp³-hybridized carbons (Fsp3) is 0.0455. The van der Waals surface area contributed by atoms with E-state index in [2.05, 4.69) is 11.7 Å². The molecular weight excluding hydrogens is 322 g/mol. The zero-order valence-corrected chi connectivity index (χ0v) is 14.3. The number of hydrogen-bond donors (Lipinski definition) is 0. The van der Waals surface area contributed by atoms with Crippen LogP contribution in [0.15, 0.2) is 90.0 Å². The molecule has 0 N–H and O–H groups in total. The van der Waals surface area contributed by atoms with E-state index in [-0.39, 0.29) is 0 Å². The van der Waals surface area contributed by atoms with Gasteiger partial charge in [-0.3, -0.25) is 0 Å². The van der Waals surface area contributed by atoms with Gasteiger partial charge < -0.3 is 4.79 Å². The van der Waals surface area contributed by atoms with Gasteiger partial charge >= 0.3 is 0 Å². The van der Waals surface area contributed by atoms with Gasteiger partial charge in [0.1, 0.15) is 6.29 Å². The molecule has 0 aliphatic rings. The lowest BCUT2D eigenvalue weighted by Gasteiger charge is -2.07. The van der Waals surface area contributed by atoms with Crippen molar-refractivity contribution in [2.45, 2.75) is 6.42 Å². The van der Waals surface area contributed by atoms with Gasteiger partial charge in [0.2, 0.25) is 0 Å². The molecule has 0 fully saturated rings. The average Bonchev–Trinajstić information content (AvgIpc) is 3.15. The SMILES string of the molecule is C=N/C(=C\C=C/CC=O)n1nc(-c2ccccc2)cc1-c1ccccc1. The Hall–Kier alpha value is -3.53. The molecule has 0 spiro atoms. The van der Waals surface area contributed by atoms with Crippen LogP contribution in [0.25, 0.3) is 28.3 Å². The third-order valence-electron chi connectivity index (χ3n) is 3.84. The Morgan fingerprint density at radius 3 is 2.31 bits per heavy atom. The standard InChI is InChI=1S/C22H19N3O/c1-23-22(15-9-4-10-16-26)25-21(19-13-7-3-8-14-19)17-20(24-25)18-11-5-2-6-12-18/h2-9,11-17H,1,10H2/b9-4-,22-15+. The number of aldehydes is 1. The van der Waals surface area contributed by atoms with E-state index in [4.69, 9.17) is 5.10 Å². The summed E-state index contributed by atoms with van der Waals surface area (Å²) in [7, 11) is 0. The number of aromatic nitrogens is 2. The van der Waals surface area contributed by atoms with Crippen LogP contribution in [0.1, 0.15) is 6.42 Å². The first-order valence-corrected chi connectivity index (χ1v) is 8.32. The predicted molar refractivity (Wildman–Crippen MR) is 107 cm³/mol. The maximum absolute atomic E-state index is 10.5. The molecule has 0 radical (unpaired) electrons. The summed E-state index contributed by atoms with van der Waals surface area (Å²) < 4.78 is 1.77. The highest BCUT2D eigenvalue weighted by atomic mass is 16.1. The number of hydrogen-bond acceptors (Lipinski definition) is 3. The minimum absolute atomic E-state index is 0.362. The molecule has 4 nitrogen and oxygen atoms in total. The number of benzene rings is 2. The molecule has 3 rings (SSSR count). The Balaban J connectivity index is 2.11. The van der Waals surface area contributed by atoms with E-state index in [0.29, 0.717) is 12.2 Å². The first-order valence-electron chi connectivity index (χ1n) is 8.32. The minimum Gasteiger partial charge on any atom is -0.303 e. The summed E-state index contributed by atoms with van der Waals surface area (Å²) in [4.78, 5) is 14.6. The van der Waals surface area contributed by atoms with Crippen LogP contribution >= 0.6 is 0 Å². The van der Waals surface area contributed by atoms with Crippen molar-refractivity contribution in [2.24, 2.45) is 4.99 Å². The van der Waals surface area contributed by atoms with Crippen molar-refractivity contribution >= 4 is 18.8 Å². The van der Waals surface area contributed by atoms with Crippen LogP contribution in [0.5, 0.6) is 0 Å². The largest absolute Gasteiger partial charge is 0.303 e. The number of carbonyl (C=O) groups excluding carboxylic acids is 1. The van der Waals surface area contributed by atoms with Crippen molar-refractivity contribution in [3.63, 3.8) is 0 Å². The van der Waals surface area contributed by atoms with Crippen molar-refractivity contribution in [2.75, 3.05) is 0 Å². The van der Waals surface area contributed by atoms with E-state index in [1.54, 1.807) is 22.9 Å². The van der Waals surface area contributed by atoms with Gasteiger partial charge in [-0.15, -0.1) is 0 Å². The molecule has 0 aliphatic carbocycles. The number of allylic oxidation sites excluding steroid dienone is 3. The third kappa shape index (κ3) is 3.92. The van der Waals surface area contributed by atoms with Crippen LogP contribution in [0, 0.1) is 0 Å². The van der Waals surface area contributed by atoms with Crippen LogP contribution < -0.4 is 0 Å². The van der Waals surface area contributed by atoms with Crippen LogP contribution in [0.4, 0.5) is 0 Å². The molecule has 0 aliphatic heterocycles. The topological polar surface area (TPSA) is 47.2 Å². The monoisotopic (exact) mass is 341 g/mol. The second-order valence-electron chi connectivity index (χ2n) is 5.57. The van der Waals surface area contributed by atoms with E-state index < -0.39 is 0 Å². The molecular formula is C22H19N3O. The fourth-order valence-corrected chi connectivity index (χ4v) is 2.60. The molecule has 1 heterocycles. The quantitative estimate of drug-likeness (QED) is 0.350. The van der Waals surface area contributed by atoms with Crippen molar-refractivity contribution in [1.29, 1.82) is 0 Å². The molecule has 1 aromatic heterocycles. The fourth-order valence-electron chi connectivity index (χ4n) is 2.60. The summed E-state index contributed by atoms with van der Waals surface area (Å²) in [5.74, 6) is 0.591. The van der Waals surface area contributed by atoms with Gasteiger partial charge in [0.05, 0.1) is 11.4 Å². The van der Waals surface area contributed by atoms with Crippen molar-refractivity contribution in [1.82, 2.24) is 9.78 Å². The summed E-state index contributed by atoms with van der Waals surface area (Å²) >= 11 is 0. The number of aliphatic imine (C=N–C) groups is 1. The molecule has 0 atom stereocenters. The molecule has 0 saturated carbocycles. The molecule has 3 aromatic rings. The van der Waals surface area contributed by atoms with Crippen LogP contribution in [-0.4, -0.2) is 22.8 Å². The maximum atomic E-state index is 10.5. The van der Waals surface area contributed by atoms with E-state index in [9.17, 15) is 4.79 Å². The van der Waals surface area contributed by atoms with Gasteiger partial charge in [0.25, 0.3) is 0 Å². The summed E-state index contributed by atoms with van der Waals surface area (Å²) in [6, 6.07) is 22.1. The Labute approximate surface area is 152 Å². The van der Waals surface area contributed by atoms with Gasteiger partial charge in [0, 0.05) is 17.5 Å². The van der Waals surface area contributed by atoms with Gasteiger partial charge in [-0.05, 0) is 18.9 Å². The minimum atomic E-state index is 0.362. The van der Waals surface area contributed by atoms with Gasteiger partial charge in [0.15, 0.2) is 5.82 Å². The number of nitrogens with zero attached hydrogens (tertiary/aromatic N) is 3. The smallest absolute Gasteiger partial charge is 0.153 e. The molecule has 0 saturated heterocycles. The maximum Gasteiger partial charge on any atom is 0.153 e. The van der Waals surface area contributed by atoms with Crippen molar-refractivity contribution < 1.29 is 4.79 Å². The Morgan fingerprint density at radius 2 is 1.69 bits per heavy atom. The Morgan fingerprint density at radius 1 is 1.04 bits per heavy atom. The van der Waals surface area contributed by atoms with Crippen LogP contribution in [0.3, 0.4) is 0 Å². The second kappa shape index (κ2) is 8.53. The Bertz CT molecular complexity index is 938. The molecule has 26 heavy (non-hydrogen) atoms. The van der Waals surface area contributed by atoms with E-state index in [1.165, 1.54) is 0 Å². The zero-order chi connectivity index (χ0) is 18.2. The lowest BCUT2D eigenvalue weighted by atomic mass is 10.1. The van der Waals surface area contributed by atoms with Crippen molar-refractivity contribution in [3.8, 4) is 22.5 Å². The van der Waals surface area contributed by atoms with Gasteiger partial charge in [-0.1, -0.05) is 72.8 Å². The highest BCUT2D eigenvalue weighted by Crippen LogP contribution is 2.28. The third-order valence-corrected chi connectivity index (χ3v) is 3.84. The van der Waals surface area contributed by atoms with E-state index in [1.807, 2.05) is 66.7 Å². The summed E-state index contributed by atoms with van der Waals surface area (Å²) in [5.41, 5.74) is 3.85. The van der Waals surface area contributed by atoms with Gasteiger partial charge in [-0.2, -0.15) is 5.10 Å². The first-order chi connectivity index (χ1) is 12.8. The van der Waals surface area contributed by atoms with Gasteiger partial charge in [-0.25, -0.2) is 9.67 Å². The molecule has 0 amide bonds. The highest BCUT2D eigenvalue weighted by Gasteiger charge is 2.13.